The lowest BCUT2D eigenvalue weighted by molar-refractivity contribution is -0.119. The van der Waals surface area contributed by atoms with Crippen molar-refractivity contribution < 1.29 is 4.79 Å². The minimum Gasteiger partial charge on any atom is -0.302 e. The third-order valence-corrected chi connectivity index (χ3v) is 3.19. The van der Waals surface area contributed by atoms with Gasteiger partial charge in [-0.05, 0) is 26.2 Å². The van der Waals surface area contributed by atoms with Crippen LogP contribution in [0.1, 0.15) is 5.01 Å². The van der Waals surface area contributed by atoms with Gasteiger partial charge in [0.15, 0.2) is 5.78 Å². The largest absolute Gasteiger partial charge is 0.302 e. The zero-order valence-electron chi connectivity index (χ0n) is 10.3. The standard InChI is InChI=1S/C12H14N4OS/c1-16(2)8-10(17)6-11-14-15-12(18-11)9-4-3-5-13-7-9/h3-5,7H,6,8H2,1-2H3. The summed E-state index contributed by atoms with van der Waals surface area (Å²) in [7, 11) is 3.75. The molecule has 2 aromatic rings. The maximum Gasteiger partial charge on any atom is 0.153 e. The van der Waals surface area contributed by atoms with Gasteiger partial charge in [0, 0.05) is 18.0 Å². The van der Waals surface area contributed by atoms with Crippen molar-refractivity contribution in [3.63, 3.8) is 0 Å². The third-order valence-electron chi connectivity index (χ3n) is 2.22. The maximum atomic E-state index is 11.7. The number of likely N-dealkylation sites (N-methyl/N-ethyl adjacent to an activating group) is 1. The molecule has 2 rings (SSSR count). The lowest BCUT2D eigenvalue weighted by Crippen LogP contribution is -2.22. The molecule has 5 nitrogen and oxygen atoms in total. The molecule has 0 aliphatic heterocycles. The molecule has 0 amide bonds. The molecule has 2 heterocycles. The fourth-order valence-corrected chi connectivity index (χ4v) is 2.37. The van der Waals surface area contributed by atoms with Gasteiger partial charge < -0.3 is 4.90 Å². The zero-order chi connectivity index (χ0) is 13.0. The van der Waals surface area contributed by atoms with Gasteiger partial charge in [0.05, 0.1) is 13.0 Å². The summed E-state index contributed by atoms with van der Waals surface area (Å²) in [5.74, 6) is 0.147. The number of hydrogen-bond acceptors (Lipinski definition) is 6. The number of Topliss-reactive ketones (excluding diaryl/α,β-unsaturated/α-hetero) is 1. The lowest BCUT2D eigenvalue weighted by atomic mass is 10.3. The molecular formula is C12H14N4OS. The van der Waals surface area contributed by atoms with E-state index in [9.17, 15) is 4.79 Å². The van der Waals surface area contributed by atoms with Crippen LogP contribution >= 0.6 is 11.3 Å². The average molecular weight is 262 g/mol. The van der Waals surface area contributed by atoms with Crippen LogP contribution in [0.4, 0.5) is 0 Å². The van der Waals surface area contributed by atoms with Gasteiger partial charge in [0.25, 0.3) is 0 Å². The first-order valence-electron chi connectivity index (χ1n) is 5.54. The Balaban J connectivity index is 2.05. The van der Waals surface area contributed by atoms with Crippen molar-refractivity contribution in [3.05, 3.63) is 29.5 Å². The average Bonchev–Trinajstić information content (AvgIpc) is 2.77. The highest BCUT2D eigenvalue weighted by atomic mass is 32.1. The molecule has 0 bridgehead atoms. The highest BCUT2D eigenvalue weighted by Gasteiger charge is 2.11. The summed E-state index contributed by atoms with van der Waals surface area (Å²) in [5, 5.41) is 9.67. The van der Waals surface area contributed by atoms with Crippen LogP contribution in [0.25, 0.3) is 10.6 Å². The van der Waals surface area contributed by atoms with E-state index in [0.717, 1.165) is 15.6 Å². The molecule has 18 heavy (non-hydrogen) atoms. The summed E-state index contributed by atoms with van der Waals surface area (Å²) < 4.78 is 0. The quantitative estimate of drug-likeness (QED) is 0.812. The smallest absolute Gasteiger partial charge is 0.153 e. The first kappa shape index (κ1) is 12.8. The van der Waals surface area contributed by atoms with Crippen LogP contribution in [-0.2, 0) is 11.2 Å². The Labute approximate surface area is 110 Å². The highest BCUT2D eigenvalue weighted by Crippen LogP contribution is 2.22. The number of aromatic nitrogens is 3. The highest BCUT2D eigenvalue weighted by molar-refractivity contribution is 7.14. The topological polar surface area (TPSA) is 59.0 Å². The maximum absolute atomic E-state index is 11.7. The summed E-state index contributed by atoms with van der Waals surface area (Å²) in [6.45, 7) is 0.432. The molecule has 6 heteroatoms. The van der Waals surface area contributed by atoms with E-state index in [0.29, 0.717) is 13.0 Å². The second-order valence-corrected chi connectivity index (χ2v) is 5.26. The molecule has 0 N–H and O–H groups in total. The van der Waals surface area contributed by atoms with Crippen molar-refractivity contribution in [1.82, 2.24) is 20.1 Å². The van der Waals surface area contributed by atoms with Gasteiger partial charge in [-0.2, -0.15) is 0 Å². The molecule has 0 saturated carbocycles. The van der Waals surface area contributed by atoms with E-state index in [4.69, 9.17) is 0 Å². The van der Waals surface area contributed by atoms with Crippen LogP contribution in [-0.4, -0.2) is 46.5 Å². The number of carbonyl (C=O) groups excluding carboxylic acids is 1. The molecule has 0 aliphatic rings. The summed E-state index contributed by atoms with van der Waals surface area (Å²) in [6, 6.07) is 3.78. The van der Waals surface area contributed by atoms with Crippen molar-refractivity contribution in [3.8, 4) is 10.6 Å². The Kier molecular flexibility index (Phi) is 4.11. The molecule has 94 valence electrons. The van der Waals surface area contributed by atoms with Crippen LogP contribution < -0.4 is 0 Å². The van der Waals surface area contributed by atoms with Crippen molar-refractivity contribution in [2.45, 2.75) is 6.42 Å². The van der Waals surface area contributed by atoms with E-state index in [2.05, 4.69) is 15.2 Å². The van der Waals surface area contributed by atoms with Gasteiger partial charge in [0.2, 0.25) is 0 Å². The van der Waals surface area contributed by atoms with Gasteiger partial charge >= 0.3 is 0 Å². The second-order valence-electron chi connectivity index (χ2n) is 4.20. The van der Waals surface area contributed by atoms with E-state index in [1.165, 1.54) is 11.3 Å². The van der Waals surface area contributed by atoms with Crippen LogP contribution in [0.15, 0.2) is 24.5 Å². The minimum atomic E-state index is 0.147. The first-order valence-corrected chi connectivity index (χ1v) is 6.36. The van der Waals surface area contributed by atoms with E-state index in [-0.39, 0.29) is 5.78 Å². The molecule has 0 fully saturated rings. The Bertz CT molecular complexity index is 524. The van der Waals surface area contributed by atoms with Crippen molar-refractivity contribution in [2.75, 3.05) is 20.6 Å². The van der Waals surface area contributed by atoms with Gasteiger partial charge in [-0.15, -0.1) is 10.2 Å². The Hall–Kier alpha value is -1.66. The minimum absolute atomic E-state index is 0.147. The van der Waals surface area contributed by atoms with Crippen LogP contribution in [0, 0.1) is 0 Å². The predicted molar refractivity (Wildman–Crippen MR) is 70.4 cm³/mol. The Morgan fingerprint density at radius 3 is 2.89 bits per heavy atom. The monoisotopic (exact) mass is 262 g/mol. The van der Waals surface area contributed by atoms with Gasteiger partial charge in [-0.25, -0.2) is 0 Å². The number of pyridine rings is 1. The molecule has 0 saturated heterocycles. The molecule has 0 aromatic carbocycles. The predicted octanol–water partition coefficient (Wildman–Crippen LogP) is 1.27. The normalized spacial score (nSPS) is 10.8. The SMILES string of the molecule is CN(C)CC(=O)Cc1nnc(-c2cccnc2)s1. The van der Waals surface area contributed by atoms with Crippen molar-refractivity contribution >= 4 is 17.1 Å². The second kappa shape index (κ2) is 5.79. The fourth-order valence-electron chi connectivity index (χ4n) is 1.51. The Morgan fingerprint density at radius 2 is 2.22 bits per heavy atom. The van der Waals surface area contributed by atoms with E-state index < -0.39 is 0 Å². The van der Waals surface area contributed by atoms with E-state index in [1.807, 2.05) is 31.1 Å². The number of hydrogen-bond donors (Lipinski definition) is 0. The Morgan fingerprint density at radius 1 is 1.39 bits per heavy atom. The van der Waals surface area contributed by atoms with Crippen LogP contribution in [0.5, 0.6) is 0 Å². The van der Waals surface area contributed by atoms with Crippen molar-refractivity contribution in [1.29, 1.82) is 0 Å². The summed E-state index contributed by atoms with van der Waals surface area (Å²) in [6.07, 6.45) is 3.80. The number of carbonyl (C=O) groups is 1. The number of rotatable bonds is 5. The van der Waals surface area contributed by atoms with Gasteiger partial charge in [-0.3, -0.25) is 9.78 Å². The molecule has 0 aliphatic carbocycles. The van der Waals surface area contributed by atoms with E-state index >= 15 is 0 Å². The van der Waals surface area contributed by atoms with Crippen LogP contribution in [0.3, 0.4) is 0 Å². The molecule has 0 unspecified atom stereocenters. The summed E-state index contributed by atoms with van der Waals surface area (Å²) in [4.78, 5) is 17.5. The van der Waals surface area contributed by atoms with E-state index in [1.54, 1.807) is 12.4 Å². The van der Waals surface area contributed by atoms with Gasteiger partial charge in [-0.1, -0.05) is 11.3 Å². The summed E-state index contributed by atoms with van der Waals surface area (Å²) >= 11 is 1.44. The van der Waals surface area contributed by atoms with Gasteiger partial charge in [0.1, 0.15) is 10.0 Å². The molecule has 2 aromatic heterocycles. The number of ketones is 1. The fraction of sp³-hybridized carbons (Fsp3) is 0.333. The third kappa shape index (κ3) is 3.41. The zero-order valence-corrected chi connectivity index (χ0v) is 11.1. The lowest BCUT2D eigenvalue weighted by Gasteiger charge is -2.06. The first-order chi connectivity index (χ1) is 8.65. The summed E-state index contributed by atoms with van der Waals surface area (Å²) in [5.41, 5.74) is 0.932. The molecular weight excluding hydrogens is 248 g/mol. The molecule has 0 atom stereocenters. The van der Waals surface area contributed by atoms with Crippen molar-refractivity contribution in [2.24, 2.45) is 0 Å². The number of nitrogens with zero attached hydrogens (tertiary/aromatic N) is 4. The molecule has 0 radical (unpaired) electrons. The van der Waals surface area contributed by atoms with Crippen LogP contribution in [0.2, 0.25) is 0 Å². The molecule has 0 spiro atoms.